The monoisotopic (exact) mass is 316 g/mol. The Hall–Kier alpha value is -2.89. The maximum atomic E-state index is 13.5. The normalized spacial score (nSPS) is 10.0. The molecule has 120 valence electrons. The van der Waals surface area contributed by atoms with Crippen LogP contribution in [0.1, 0.15) is 17.3 Å². The highest BCUT2D eigenvalue weighted by atomic mass is 19.1. The summed E-state index contributed by atoms with van der Waals surface area (Å²) in [4.78, 5) is 23.2. The fourth-order valence-corrected chi connectivity index (χ4v) is 1.98. The van der Waals surface area contributed by atoms with Gasteiger partial charge in [0, 0.05) is 23.0 Å². The van der Waals surface area contributed by atoms with E-state index < -0.39 is 5.82 Å². The van der Waals surface area contributed by atoms with Crippen molar-refractivity contribution >= 4 is 23.1 Å². The smallest absolute Gasteiger partial charge is 0.243 e. The fraction of sp³-hybridized carbons (Fsp3) is 0.176. The van der Waals surface area contributed by atoms with Crippen LogP contribution in [0.4, 0.5) is 15.8 Å². The Balaban J connectivity index is 1.94. The van der Waals surface area contributed by atoms with Gasteiger partial charge in [-0.05, 0) is 31.2 Å². The van der Waals surface area contributed by atoms with Gasteiger partial charge >= 0.3 is 0 Å². The second-order valence-electron chi connectivity index (χ2n) is 4.89. The van der Waals surface area contributed by atoms with Gasteiger partial charge in [0.25, 0.3) is 0 Å². The Kier molecular flexibility index (Phi) is 5.30. The number of ether oxygens (including phenoxy) is 1. The van der Waals surface area contributed by atoms with Gasteiger partial charge < -0.3 is 15.4 Å². The number of hydrogen-bond donors (Lipinski definition) is 2. The van der Waals surface area contributed by atoms with Crippen molar-refractivity contribution in [2.45, 2.75) is 6.92 Å². The number of ketones is 1. The van der Waals surface area contributed by atoms with E-state index in [0.717, 1.165) is 0 Å². The first-order chi connectivity index (χ1) is 11.0. The molecule has 2 rings (SSSR count). The van der Waals surface area contributed by atoms with Crippen LogP contribution in [0.25, 0.3) is 0 Å². The van der Waals surface area contributed by atoms with Crippen LogP contribution in [0.15, 0.2) is 42.5 Å². The van der Waals surface area contributed by atoms with E-state index in [4.69, 9.17) is 4.74 Å². The van der Waals surface area contributed by atoms with E-state index in [2.05, 4.69) is 10.6 Å². The molecule has 2 N–H and O–H groups in total. The lowest BCUT2D eigenvalue weighted by Gasteiger charge is -2.09. The molecular formula is C17H17FN2O3. The molecule has 0 aliphatic rings. The molecule has 0 atom stereocenters. The van der Waals surface area contributed by atoms with Gasteiger partial charge in [0.1, 0.15) is 0 Å². The van der Waals surface area contributed by atoms with Crippen molar-refractivity contribution in [1.29, 1.82) is 0 Å². The van der Waals surface area contributed by atoms with Gasteiger partial charge in [0.2, 0.25) is 5.91 Å². The number of carbonyl (C=O) groups excluding carboxylic acids is 2. The molecule has 0 bridgehead atoms. The summed E-state index contributed by atoms with van der Waals surface area (Å²) in [7, 11) is 1.38. The second-order valence-corrected chi connectivity index (χ2v) is 4.89. The number of carbonyl (C=O) groups is 2. The number of halogens is 1. The summed E-state index contributed by atoms with van der Waals surface area (Å²) in [5.74, 6) is -0.747. The fourth-order valence-electron chi connectivity index (χ4n) is 1.98. The van der Waals surface area contributed by atoms with Crippen LogP contribution in [0.3, 0.4) is 0 Å². The number of methoxy groups -OCH3 is 1. The van der Waals surface area contributed by atoms with Crippen molar-refractivity contribution in [1.82, 2.24) is 0 Å². The molecule has 0 saturated heterocycles. The van der Waals surface area contributed by atoms with Crippen molar-refractivity contribution in [3.05, 3.63) is 53.8 Å². The van der Waals surface area contributed by atoms with Gasteiger partial charge in [0.15, 0.2) is 17.3 Å². The zero-order chi connectivity index (χ0) is 16.8. The van der Waals surface area contributed by atoms with Gasteiger partial charge in [-0.3, -0.25) is 9.59 Å². The lowest BCUT2D eigenvalue weighted by atomic mass is 10.1. The minimum atomic E-state index is -0.507. The highest BCUT2D eigenvalue weighted by Crippen LogP contribution is 2.20. The van der Waals surface area contributed by atoms with Gasteiger partial charge in [0.05, 0.1) is 13.7 Å². The number of hydrogen-bond acceptors (Lipinski definition) is 4. The molecule has 0 aliphatic heterocycles. The van der Waals surface area contributed by atoms with Crippen LogP contribution in [0.5, 0.6) is 5.75 Å². The molecule has 0 unspecified atom stereocenters. The first-order valence-electron chi connectivity index (χ1n) is 6.98. The van der Waals surface area contributed by atoms with E-state index >= 15 is 0 Å². The molecule has 5 nitrogen and oxygen atoms in total. The van der Waals surface area contributed by atoms with Crippen molar-refractivity contribution in [2.75, 3.05) is 24.3 Å². The minimum Gasteiger partial charge on any atom is -0.494 e. The van der Waals surface area contributed by atoms with Crippen molar-refractivity contribution < 1.29 is 18.7 Å². The van der Waals surface area contributed by atoms with Crippen LogP contribution < -0.4 is 15.4 Å². The quantitative estimate of drug-likeness (QED) is 0.804. The molecule has 0 heterocycles. The largest absolute Gasteiger partial charge is 0.494 e. The number of anilines is 2. The maximum absolute atomic E-state index is 13.5. The molecule has 0 fully saturated rings. The zero-order valence-corrected chi connectivity index (χ0v) is 12.9. The molecular weight excluding hydrogens is 299 g/mol. The average molecular weight is 316 g/mol. The number of rotatable bonds is 6. The second kappa shape index (κ2) is 7.40. The summed E-state index contributed by atoms with van der Waals surface area (Å²) in [6, 6.07) is 11.0. The zero-order valence-electron chi connectivity index (χ0n) is 12.9. The topological polar surface area (TPSA) is 67.4 Å². The predicted octanol–water partition coefficient (Wildman–Crippen LogP) is 3.09. The summed E-state index contributed by atoms with van der Waals surface area (Å²) >= 11 is 0. The molecule has 0 spiro atoms. The number of Topliss-reactive ketones (excluding diaryl/α,β-unsaturated/α-hetero) is 1. The van der Waals surface area contributed by atoms with E-state index in [9.17, 15) is 14.0 Å². The Morgan fingerprint density at radius 2 is 1.91 bits per heavy atom. The average Bonchev–Trinajstić information content (AvgIpc) is 2.53. The lowest BCUT2D eigenvalue weighted by Crippen LogP contribution is -2.21. The van der Waals surface area contributed by atoms with Gasteiger partial charge in [-0.1, -0.05) is 12.1 Å². The highest BCUT2D eigenvalue weighted by molar-refractivity contribution is 5.98. The van der Waals surface area contributed by atoms with Crippen LogP contribution in [-0.4, -0.2) is 25.3 Å². The van der Waals surface area contributed by atoms with E-state index in [1.165, 1.54) is 26.2 Å². The van der Waals surface area contributed by atoms with E-state index in [1.807, 2.05) is 0 Å². The van der Waals surface area contributed by atoms with Gasteiger partial charge in [-0.25, -0.2) is 4.39 Å². The number of nitrogens with one attached hydrogen (secondary N) is 2. The van der Waals surface area contributed by atoms with Gasteiger partial charge in [-0.15, -0.1) is 0 Å². The molecule has 0 aliphatic carbocycles. The van der Waals surface area contributed by atoms with Crippen LogP contribution in [-0.2, 0) is 4.79 Å². The SMILES string of the molecule is COc1ccc(NCC(=O)Nc2cccc(C(C)=O)c2)cc1F. The molecule has 0 aromatic heterocycles. The van der Waals surface area contributed by atoms with Crippen molar-refractivity contribution in [2.24, 2.45) is 0 Å². The highest BCUT2D eigenvalue weighted by Gasteiger charge is 2.07. The summed E-state index contributed by atoms with van der Waals surface area (Å²) in [6.07, 6.45) is 0. The Morgan fingerprint density at radius 3 is 2.57 bits per heavy atom. The Bertz CT molecular complexity index is 732. The van der Waals surface area contributed by atoms with Crippen LogP contribution in [0.2, 0.25) is 0 Å². The van der Waals surface area contributed by atoms with Crippen molar-refractivity contribution in [3.8, 4) is 5.75 Å². The van der Waals surface area contributed by atoms with Crippen LogP contribution in [0, 0.1) is 5.82 Å². The van der Waals surface area contributed by atoms with Crippen molar-refractivity contribution in [3.63, 3.8) is 0 Å². The Labute approximate surface area is 133 Å². The third-order valence-corrected chi connectivity index (χ3v) is 3.16. The summed E-state index contributed by atoms with van der Waals surface area (Å²) in [5, 5.41) is 5.49. The third kappa shape index (κ3) is 4.54. The summed E-state index contributed by atoms with van der Waals surface area (Å²) in [6.45, 7) is 1.43. The standard InChI is InChI=1S/C17H17FN2O3/c1-11(21)12-4-3-5-14(8-12)20-17(22)10-19-13-6-7-16(23-2)15(18)9-13/h3-9,19H,10H2,1-2H3,(H,20,22). The van der Waals surface area contributed by atoms with E-state index in [0.29, 0.717) is 16.9 Å². The molecule has 2 aromatic carbocycles. The van der Waals surface area contributed by atoms with E-state index in [1.54, 1.807) is 30.3 Å². The molecule has 23 heavy (non-hydrogen) atoms. The van der Waals surface area contributed by atoms with Crippen LogP contribution >= 0.6 is 0 Å². The minimum absolute atomic E-state index is 0.0317. The number of benzene rings is 2. The van der Waals surface area contributed by atoms with E-state index in [-0.39, 0.29) is 24.0 Å². The third-order valence-electron chi connectivity index (χ3n) is 3.16. The molecule has 1 amide bonds. The molecule has 2 aromatic rings. The number of amides is 1. The van der Waals surface area contributed by atoms with Gasteiger partial charge in [-0.2, -0.15) is 0 Å². The molecule has 6 heteroatoms. The first kappa shape index (κ1) is 16.5. The lowest BCUT2D eigenvalue weighted by molar-refractivity contribution is -0.114. The first-order valence-corrected chi connectivity index (χ1v) is 6.98. The predicted molar refractivity (Wildman–Crippen MR) is 86.5 cm³/mol. The molecule has 0 radical (unpaired) electrons. The Morgan fingerprint density at radius 1 is 1.13 bits per heavy atom. The summed E-state index contributed by atoms with van der Waals surface area (Å²) < 4.78 is 18.4. The summed E-state index contributed by atoms with van der Waals surface area (Å²) in [5.41, 5.74) is 1.52. The maximum Gasteiger partial charge on any atom is 0.243 e. The molecule has 0 saturated carbocycles.